The lowest BCUT2D eigenvalue weighted by Gasteiger charge is -2.33. The standard InChI is InChI=1S/C22H20Cl2N2O2/c23-19-7-1-17(2-8-19)5-11-21(27)25-13-15-26(16-14-25)22(28)12-6-18-3-9-20(24)10-4-18/h1-12H,13-16H2. The van der Waals surface area contributed by atoms with E-state index in [2.05, 4.69) is 0 Å². The molecule has 0 unspecified atom stereocenters. The van der Waals surface area contributed by atoms with Crippen LogP contribution in [-0.4, -0.2) is 47.8 Å². The van der Waals surface area contributed by atoms with Crippen LogP contribution in [0.4, 0.5) is 0 Å². The van der Waals surface area contributed by atoms with Gasteiger partial charge < -0.3 is 9.80 Å². The topological polar surface area (TPSA) is 40.6 Å². The number of benzene rings is 2. The second-order valence-corrected chi connectivity index (χ2v) is 7.29. The largest absolute Gasteiger partial charge is 0.336 e. The molecule has 0 saturated carbocycles. The Morgan fingerprint density at radius 1 is 0.643 bits per heavy atom. The maximum Gasteiger partial charge on any atom is 0.246 e. The number of nitrogens with zero attached hydrogens (tertiary/aromatic N) is 2. The molecule has 4 nitrogen and oxygen atoms in total. The Labute approximate surface area is 174 Å². The van der Waals surface area contributed by atoms with Crippen LogP contribution in [0.5, 0.6) is 0 Å². The summed E-state index contributed by atoms with van der Waals surface area (Å²) in [5, 5.41) is 1.32. The molecule has 2 amide bonds. The van der Waals surface area contributed by atoms with Gasteiger partial charge in [0.1, 0.15) is 0 Å². The van der Waals surface area contributed by atoms with Crippen molar-refractivity contribution < 1.29 is 9.59 Å². The van der Waals surface area contributed by atoms with E-state index in [1.807, 2.05) is 24.3 Å². The highest BCUT2D eigenvalue weighted by atomic mass is 35.5. The van der Waals surface area contributed by atoms with Crippen molar-refractivity contribution in [1.82, 2.24) is 9.80 Å². The maximum absolute atomic E-state index is 12.3. The third-order valence-corrected chi connectivity index (χ3v) is 4.98. The average Bonchev–Trinajstić information content (AvgIpc) is 2.72. The molecule has 1 aliphatic rings. The van der Waals surface area contributed by atoms with Crippen LogP contribution in [0.15, 0.2) is 60.7 Å². The summed E-state index contributed by atoms with van der Waals surface area (Å²) < 4.78 is 0. The van der Waals surface area contributed by atoms with Gasteiger partial charge in [-0.05, 0) is 47.5 Å². The molecule has 0 radical (unpaired) electrons. The summed E-state index contributed by atoms with van der Waals surface area (Å²) >= 11 is 11.7. The summed E-state index contributed by atoms with van der Waals surface area (Å²) in [6.45, 7) is 2.07. The molecule has 2 aromatic rings. The summed E-state index contributed by atoms with van der Waals surface area (Å²) in [6, 6.07) is 14.6. The zero-order valence-corrected chi connectivity index (χ0v) is 16.7. The first-order valence-electron chi connectivity index (χ1n) is 8.96. The normalized spacial score (nSPS) is 14.8. The summed E-state index contributed by atoms with van der Waals surface area (Å²) in [6.07, 6.45) is 6.65. The molecule has 1 aliphatic heterocycles. The molecular formula is C22H20Cl2N2O2. The van der Waals surface area contributed by atoms with Crippen LogP contribution in [0, 0.1) is 0 Å². The molecule has 1 fully saturated rings. The first kappa shape index (κ1) is 20.2. The third-order valence-electron chi connectivity index (χ3n) is 4.48. The van der Waals surface area contributed by atoms with Crippen molar-refractivity contribution in [2.45, 2.75) is 0 Å². The second kappa shape index (κ2) is 9.58. The fraction of sp³-hybridized carbons (Fsp3) is 0.182. The minimum absolute atomic E-state index is 0.0567. The Morgan fingerprint density at radius 2 is 0.964 bits per heavy atom. The van der Waals surface area contributed by atoms with E-state index in [0.717, 1.165) is 11.1 Å². The Balaban J connectivity index is 1.49. The predicted octanol–water partition coefficient (Wildman–Crippen LogP) is 4.39. The molecular weight excluding hydrogens is 395 g/mol. The molecule has 3 rings (SSSR count). The maximum atomic E-state index is 12.3. The number of piperazine rings is 1. The van der Waals surface area contributed by atoms with Gasteiger partial charge in [-0.2, -0.15) is 0 Å². The second-order valence-electron chi connectivity index (χ2n) is 6.42. The van der Waals surface area contributed by atoms with Crippen molar-refractivity contribution in [2.24, 2.45) is 0 Å². The van der Waals surface area contributed by atoms with E-state index in [0.29, 0.717) is 36.2 Å². The molecule has 0 N–H and O–H groups in total. The number of carbonyl (C=O) groups is 2. The quantitative estimate of drug-likeness (QED) is 0.695. The first-order chi connectivity index (χ1) is 13.5. The van der Waals surface area contributed by atoms with E-state index in [1.165, 1.54) is 0 Å². The van der Waals surface area contributed by atoms with E-state index in [4.69, 9.17) is 23.2 Å². The molecule has 1 saturated heterocycles. The molecule has 1 heterocycles. The van der Waals surface area contributed by atoms with E-state index in [1.54, 1.807) is 58.4 Å². The van der Waals surface area contributed by atoms with Crippen molar-refractivity contribution in [3.05, 3.63) is 81.9 Å². The van der Waals surface area contributed by atoms with Gasteiger partial charge in [-0.1, -0.05) is 47.5 Å². The lowest BCUT2D eigenvalue weighted by molar-refractivity contribution is -0.133. The summed E-state index contributed by atoms with van der Waals surface area (Å²) in [7, 11) is 0. The number of hydrogen-bond acceptors (Lipinski definition) is 2. The van der Waals surface area contributed by atoms with Crippen LogP contribution < -0.4 is 0 Å². The smallest absolute Gasteiger partial charge is 0.246 e. The van der Waals surface area contributed by atoms with Gasteiger partial charge in [0.2, 0.25) is 11.8 Å². The van der Waals surface area contributed by atoms with E-state index < -0.39 is 0 Å². The fourth-order valence-electron chi connectivity index (χ4n) is 2.84. The zero-order chi connectivity index (χ0) is 19.9. The highest BCUT2D eigenvalue weighted by Gasteiger charge is 2.21. The van der Waals surface area contributed by atoms with Gasteiger partial charge in [-0.15, -0.1) is 0 Å². The van der Waals surface area contributed by atoms with Gasteiger partial charge in [0.25, 0.3) is 0 Å². The molecule has 2 aromatic carbocycles. The van der Waals surface area contributed by atoms with Gasteiger partial charge >= 0.3 is 0 Å². The number of amides is 2. The van der Waals surface area contributed by atoms with Gasteiger partial charge in [0, 0.05) is 48.4 Å². The van der Waals surface area contributed by atoms with Crippen LogP contribution in [0.25, 0.3) is 12.2 Å². The van der Waals surface area contributed by atoms with Crippen molar-refractivity contribution in [1.29, 1.82) is 0 Å². The minimum atomic E-state index is -0.0567. The zero-order valence-electron chi connectivity index (χ0n) is 15.2. The molecule has 144 valence electrons. The van der Waals surface area contributed by atoms with Crippen molar-refractivity contribution in [3.63, 3.8) is 0 Å². The SMILES string of the molecule is O=C(C=Cc1ccc(Cl)cc1)N1CCN(C(=O)C=Cc2ccc(Cl)cc2)CC1. The van der Waals surface area contributed by atoms with Gasteiger partial charge in [-0.3, -0.25) is 9.59 Å². The molecule has 0 spiro atoms. The summed E-state index contributed by atoms with van der Waals surface area (Å²) in [5.74, 6) is -0.113. The van der Waals surface area contributed by atoms with Crippen LogP contribution in [0.1, 0.15) is 11.1 Å². The monoisotopic (exact) mass is 414 g/mol. The van der Waals surface area contributed by atoms with Gasteiger partial charge in [0.05, 0.1) is 0 Å². The highest BCUT2D eigenvalue weighted by Crippen LogP contribution is 2.13. The average molecular weight is 415 g/mol. The van der Waals surface area contributed by atoms with Gasteiger partial charge in [0.15, 0.2) is 0 Å². The molecule has 0 bridgehead atoms. The number of hydrogen-bond donors (Lipinski definition) is 0. The van der Waals surface area contributed by atoms with Crippen LogP contribution >= 0.6 is 23.2 Å². The molecule has 6 heteroatoms. The Bertz CT molecular complexity index is 806. The Morgan fingerprint density at radius 3 is 1.29 bits per heavy atom. The van der Waals surface area contributed by atoms with Crippen LogP contribution in [0.3, 0.4) is 0 Å². The lowest BCUT2D eigenvalue weighted by atomic mass is 10.2. The van der Waals surface area contributed by atoms with Crippen molar-refractivity contribution >= 4 is 47.2 Å². The molecule has 28 heavy (non-hydrogen) atoms. The first-order valence-corrected chi connectivity index (χ1v) is 9.72. The van der Waals surface area contributed by atoms with Gasteiger partial charge in [-0.25, -0.2) is 0 Å². The summed E-state index contributed by atoms with van der Waals surface area (Å²) in [4.78, 5) is 28.2. The lowest BCUT2D eigenvalue weighted by Crippen LogP contribution is -2.49. The van der Waals surface area contributed by atoms with E-state index in [-0.39, 0.29) is 11.8 Å². The molecule has 0 aromatic heterocycles. The van der Waals surface area contributed by atoms with Crippen molar-refractivity contribution in [2.75, 3.05) is 26.2 Å². The minimum Gasteiger partial charge on any atom is -0.336 e. The highest BCUT2D eigenvalue weighted by molar-refractivity contribution is 6.30. The van der Waals surface area contributed by atoms with E-state index >= 15 is 0 Å². The van der Waals surface area contributed by atoms with Crippen LogP contribution in [0.2, 0.25) is 10.0 Å². The third kappa shape index (κ3) is 5.72. The van der Waals surface area contributed by atoms with E-state index in [9.17, 15) is 9.59 Å². The Hall–Kier alpha value is -2.56. The number of halogens is 2. The summed E-state index contributed by atoms with van der Waals surface area (Å²) in [5.41, 5.74) is 1.83. The molecule has 0 atom stereocenters. The predicted molar refractivity (Wildman–Crippen MR) is 114 cm³/mol. The number of rotatable bonds is 4. The Kier molecular flexibility index (Phi) is 6.90. The fourth-order valence-corrected chi connectivity index (χ4v) is 3.09. The number of carbonyl (C=O) groups excluding carboxylic acids is 2. The molecule has 0 aliphatic carbocycles. The van der Waals surface area contributed by atoms with Crippen molar-refractivity contribution in [3.8, 4) is 0 Å². The van der Waals surface area contributed by atoms with Crippen LogP contribution in [-0.2, 0) is 9.59 Å².